The van der Waals surface area contributed by atoms with Gasteiger partial charge < -0.3 is 34.1 Å². The number of nitrogens with zero attached hydrogens (tertiary/aromatic N) is 4. The van der Waals surface area contributed by atoms with E-state index in [4.69, 9.17) is 29.3 Å². The number of imidazole rings is 1. The topological polar surface area (TPSA) is 216 Å². The van der Waals surface area contributed by atoms with Gasteiger partial charge in [0.15, 0.2) is 0 Å². The minimum absolute atomic E-state index is 0.0161. The number of aromatic nitrogens is 3. The third kappa shape index (κ3) is 12.8. The van der Waals surface area contributed by atoms with Crippen LogP contribution in [0.3, 0.4) is 0 Å². The summed E-state index contributed by atoms with van der Waals surface area (Å²) in [6.45, 7) is 10.5. The van der Waals surface area contributed by atoms with Gasteiger partial charge in [0.05, 0.1) is 30.6 Å². The van der Waals surface area contributed by atoms with Crippen molar-refractivity contribution in [2.75, 3.05) is 36.6 Å². The van der Waals surface area contributed by atoms with Gasteiger partial charge in [-0.2, -0.15) is 0 Å². The van der Waals surface area contributed by atoms with Crippen LogP contribution in [-0.2, 0) is 42.1 Å². The number of alkyl carbamates (subject to hydrolysis) is 2. The van der Waals surface area contributed by atoms with Crippen molar-refractivity contribution < 1.29 is 42.9 Å². The fourth-order valence-corrected chi connectivity index (χ4v) is 5.41. The molecule has 0 spiro atoms. The van der Waals surface area contributed by atoms with Gasteiger partial charge in [-0.15, -0.1) is 0 Å². The molecule has 1 unspecified atom stereocenters. The van der Waals surface area contributed by atoms with E-state index in [-0.39, 0.29) is 50.4 Å². The average Bonchev–Trinajstić information content (AvgIpc) is 3.48. The zero-order valence-corrected chi connectivity index (χ0v) is 33.2. The zero-order valence-electron chi connectivity index (χ0n) is 33.2. The SMILES string of the molecule is CCOC(=O)CCN(C(=O)c1ccc2c(c1)nc(CNc1ccc(C(=N)NC(=O)OCCOC(=O)C(NC(=O)OC(C)(C)C)C(C)C)cc1)n2C)c1ccccn1. The average molecular weight is 787 g/mol. The molecule has 4 rings (SSSR count). The van der Waals surface area contributed by atoms with Crippen LogP contribution in [0, 0.1) is 11.3 Å². The van der Waals surface area contributed by atoms with Gasteiger partial charge in [0.25, 0.3) is 5.91 Å². The highest BCUT2D eigenvalue weighted by atomic mass is 16.6. The number of benzene rings is 2. The van der Waals surface area contributed by atoms with Gasteiger partial charge in [-0.25, -0.2) is 24.4 Å². The summed E-state index contributed by atoms with van der Waals surface area (Å²) in [7, 11) is 1.87. The lowest BCUT2D eigenvalue weighted by Crippen LogP contribution is -2.47. The lowest BCUT2D eigenvalue weighted by Gasteiger charge is -2.24. The summed E-state index contributed by atoms with van der Waals surface area (Å²) in [5, 5.41) is 16.4. The van der Waals surface area contributed by atoms with Crippen molar-refractivity contribution >= 4 is 58.4 Å². The standard InChI is InChI=1S/C40H50N8O9/c1-8-54-33(49)18-20-48(31-11-9-10-19-42-31)36(50)27-14-17-30-29(23-27)44-32(47(30)7)24-43-28-15-12-26(13-16-28)35(41)46-38(52)56-22-21-55-37(51)34(25(2)3)45-39(53)57-40(4,5)6/h9-17,19,23,25,34,43H,8,18,20-22,24H2,1-7H3,(H,45,53)(H2,41,46,52). The number of amides is 3. The first-order valence-corrected chi connectivity index (χ1v) is 18.4. The van der Waals surface area contributed by atoms with Crippen molar-refractivity contribution in [1.29, 1.82) is 5.41 Å². The van der Waals surface area contributed by atoms with E-state index in [2.05, 4.69) is 20.9 Å². The molecule has 0 aliphatic rings. The summed E-state index contributed by atoms with van der Waals surface area (Å²) in [6.07, 6.45) is -0.0572. The molecule has 57 heavy (non-hydrogen) atoms. The first-order valence-electron chi connectivity index (χ1n) is 18.4. The highest BCUT2D eigenvalue weighted by Crippen LogP contribution is 2.22. The first-order chi connectivity index (χ1) is 27.1. The molecule has 2 aromatic carbocycles. The fourth-order valence-electron chi connectivity index (χ4n) is 5.41. The number of anilines is 2. The number of aryl methyl sites for hydroxylation is 1. The van der Waals surface area contributed by atoms with Crippen molar-refractivity contribution in [3.8, 4) is 0 Å². The molecule has 3 amide bonds. The van der Waals surface area contributed by atoms with Gasteiger partial charge in [-0.05, 0) is 88.2 Å². The van der Waals surface area contributed by atoms with Crippen LogP contribution in [0.1, 0.15) is 69.7 Å². The van der Waals surface area contributed by atoms with Crippen LogP contribution in [0.25, 0.3) is 11.0 Å². The van der Waals surface area contributed by atoms with E-state index < -0.39 is 35.8 Å². The molecule has 2 aromatic heterocycles. The minimum Gasteiger partial charge on any atom is -0.466 e. The minimum atomic E-state index is -0.958. The Kier molecular flexibility index (Phi) is 15.1. The van der Waals surface area contributed by atoms with E-state index in [1.807, 2.05) is 17.7 Å². The second-order valence-electron chi connectivity index (χ2n) is 14.1. The first kappa shape index (κ1) is 43.2. The largest absolute Gasteiger partial charge is 0.466 e. The van der Waals surface area contributed by atoms with Gasteiger partial charge in [0.1, 0.15) is 42.3 Å². The molecule has 0 aliphatic carbocycles. The quantitative estimate of drug-likeness (QED) is 0.0373. The lowest BCUT2D eigenvalue weighted by molar-refractivity contribution is -0.148. The third-order valence-electron chi connectivity index (χ3n) is 8.24. The third-order valence-corrected chi connectivity index (χ3v) is 8.24. The van der Waals surface area contributed by atoms with E-state index in [1.54, 1.807) is 102 Å². The summed E-state index contributed by atoms with van der Waals surface area (Å²) in [5.41, 5.74) is 2.22. The number of carbonyl (C=O) groups excluding carboxylic acids is 5. The molecule has 0 aliphatic heterocycles. The van der Waals surface area contributed by atoms with Crippen LogP contribution >= 0.6 is 0 Å². The normalized spacial score (nSPS) is 11.6. The molecule has 0 bridgehead atoms. The second kappa shape index (κ2) is 19.9. The summed E-state index contributed by atoms with van der Waals surface area (Å²) >= 11 is 0. The molecule has 4 aromatic rings. The monoisotopic (exact) mass is 786 g/mol. The number of rotatable bonds is 16. The lowest BCUT2D eigenvalue weighted by atomic mass is 10.1. The zero-order chi connectivity index (χ0) is 41.7. The predicted molar refractivity (Wildman–Crippen MR) is 212 cm³/mol. The van der Waals surface area contributed by atoms with E-state index in [1.165, 1.54) is 4.90 Å². The van der Waals surface area contributed by atoms with Gasteiger partial charge in [0, 0.05) is 36.6 Å². The predicted octanol–water partition coefficient (Wildman–Crippen LogP) is 5.32. The molecule has 17 heteroatoms. The van der Waals surface area contributed by atoms with Crippen molar-refractivity contribution in [3.63, 3.8) is 0 Å². The Balaban J connectivity index is 1.28. The van der Waals surface area contributed by atoms with Crippen LogP contribution in [0.5, 0.6) is 0 Å². The number of nitrogens with one attached hydrogen (secondary N) is 4. The number of pyridine rings is 1. The number of amidine groups is 1. The Labute approximate surface area is 330 Å². The molecule has 17 nitrogen and oxygen atoms in total. The van der Waals surface area contributed by atoms with Gasteiger partial charge in [0.2, 0.25) is 0 Å². The summed E-state index contributed by atoms with van der Waals surface area (Å²) < 4.78 is 22.4. The molecular weight excluding hydrogens is 736 g/mol. The molecule has 1 atom stereocenters. The van der Waals surface area contributed by atoms with Crippen molar-refractivity contribution in [1.82, 2.24) is 25.2 Å². The summed E-state index contributed by atoms with van der Waals surface area (Å²) in [4.78, 5) is 73.2. The second-order valence-corrected chi connectivity index (χ2v) is 14.1. The van der Waals surface area contributed by atoms with Crippen molar-refractivity contribution in [2.24, 2.45) is 13.0 Å². The number of fused-ring (bicyclic) bond motifs is 1. The fraction of sp³-hybridized carbons (Fsp3) is 0.400. The van der Waals surface area contributed by atoms with Gasteiger partial charge >= 0.3 is 24.1 Å². The molecule has 2 heterocycles. The number of esters is 2. The summed E-state index contributed by atoms with van der Waals surface area (Å²) in [5.74, 6) is -0.809. The maximum absolute atomic E-state index is 13.7. The maximum Gasteiger partial charge on any atom is 0.412 e. The molecule has 0 saturated carbocycles. The molecule has 0 saturated heterocycles. The smallest absolute Gasteiger partial charge is 0.412 e. The Bertz CT molecular complexity index is 2040. The van der Waals surface area contributed by atoms with Gasteiger partial charge in [-0.1, -0.05) is 19.9 Å². The van der Waals surface area contributed by atoms with E-state index >= 15 is 0 Å². The number of hydrogen-bond acceptors (Lipinski definition) is 13. The van der Waals surface area contributed by atoms with Crippen molar-refractivity contribution in [3.05, 3.63) is 83.8 Å². The summed E-state index contributed by atoms with van der Waals surface area (Å²) in [6, 6.07) is 16.3. The Morgan fingerprint density at radius 2 is 1.61 bits per heavy atom. The number of hydrogen-bond donors (Lipinski definition) is 4. The molecular formula is C40H50N8O9. The molecule has 0 fully saturated rings. The molecule has 304 valence electrons. The highest BCUT2D eigenvalue weighted by molar-refractivity contribution is 6.07. The number of carbonyl (C=O) groups is 5. The van der Waals surface area contributed by atoms with Gasteiger partial charge in [-0.3, -0.25) is 25.2 Å². The van der Waals surface area contributed by atoms with Crippen molar-refractivity contribution in [2.45, 2.75) is 66.2 Å². The molecule has 0 radical (unpaired) electrons. The maximum atomic E-state index is 13.7. The van der Waals surface area contributed by atoms with Crippen LogP contribution in [0.2, 0.25) is 0 Å². The Hall–Kier alpha value is -6.52. The molecule has 4 N–H and O–H groups in total. The highest BCUT2D eigenvalue weighted by Gasteiger charge is 2.28. The Morgan fingerprint density at radius 1 is 0.912 bits per heavy atom. The van der Waals surface area contributed by atoms with Crippen LogP contribution in [0.15, 0.2) is 66.9 Å². The van der Waals surface area contributed by atoms with Crippen LogP contribution < -0.4 is 20.9 Å². The van der Waals surface area contributed by atoms with E-state index in [0.29, 0.717) is 34.8 Å². The van der Waals surface area contributed by atoms with E-state index in [0.717, 1.165) is 11.2 Å². The van der Waals surface area contributed by atoms with Crippen LogP contribution in [0.4, 0.5) is 21.1 Å². The van der Waals surface area contributed by atoms with Crippen LogP contribution in [-0.4, -0.2) is 88.4 Å². The Morgan fingerprint density at radius 3 is 2.26 bits per heavy atom. The van der Waals surface area contributed by atoms with E-state index in [9.17, 15) is 24.0 Å². The number of ether oxygens (including phenoxy) is 4.